The molecule has 224 valence electrons. The molecule has 1 saturated heterocycles. The lowest BCUT2D eigenvalue weighted by Gasteiger charge is -2.28. The van der Waals surface area contributed by atoms with Crippen molar-refractivity contribution >= 4 is 17.6 Å². The number of rotatable bonds is 13. The number of halogens is 2. The van der Waals surface area contributed by atoms with E-state index in [4.69, 9.17) is 9.47 Å². The average molecular weight is 581 g/mol. The third kappa shape index (κ3) is 6.90. The fourth-order valence-electron chi connectivity index (χ4n) is 5.43. The second-order valence-electron chi connectivity index (χ2n) is 10.4. The molecule has 3 aromatic carbocycles. The Bertz CT molecular complexity index is 1390. The van der Waals surface area contributed by atoms with Crippen LogP contribution in [0.1, 0.15) is 56.0 Å². The van der Waals surface area contributed by atoms with E-state index >= 15 is 0 Å². The number of nitrogens with zero attached hydrogens (tertiary/aromatic N) is 1. The van der Waals surface area contributed by atoms with E-state index < -0.39 is 11.8 Å². The summed E-state index contributed by atoms with van der Waals surface area (Å²) in [5.41, 5.74) is 2.58. The summed E-state index contributed by atoms with van der Waals surface area (Å²) in [5.74, 6) is -0.519. The van der Waals surface area contributed by atoms with E-state index in [2.05, 4.69) is 17.0 Å². The molecular weight excluding hydrogens is 542 g/mol. The summed E-state index contributed by atoms with van der Waals surface area (Å²) in [7, 11) is 1.20. The number of anilines is 1. The van der Waals surface area contributed by atoms with E-state index in [9.17, 15) is 18.4 Å². The maximum Gasteiger partial charge on any atom is 0.340 e. The third-order valence-electron chi connectivity index (χ3n) is 7.76. The maximum atomic E-state index is 14.6. The smallest absolute Gasteiger partial charge is 0.340 e. The minimum atomic E-state index is -0.757. The molecule has 3 aromatic rings. The van der Waals surface area contributed by atoms with Crippen LogP contribution in [0.3, 0.4) is 0 Å². The molecule has 1 aliphatic rings. The van der Waals surface area contributed by atoms with Gasteiger partial charge in [0.05, 0.1) is 31.5 Å². The Balaban J connectivity index is 1.45. The van der Waals surface area contributed by atoms with Gasteiger partial charge in [0.15, 0.2) is 0 Å². The van der Waals surface area contributed by atoms with Crippen LogP contribution in [0.2, 0.25) is 0 Å². The molecular formula is C33H38F2N2O5. The van der Waals surface area contributed by atoms with Crippen LogP contribution in [-0.4, -0.2) is 45.3 Å². The number of hydrogen-bond acceptors (Lipinski definition) is 6. The summed E-state index contributed by atoms with van der Waals surface area (Å²) < 4.78 is 44.7. The van der Waals surface area contributed by atoms with E-state index in [0.29, 0.717) is 56.5 Å². The summed E-state index contributed by atoms with van der Waals surface area (Å²) in [5, 5.41) is 3.50. The fraction of sp³-hybridized carbons (Fsp3) is 0.394. The number of benzene rings is 3. The molecule has 0 spiro atoms. The average Bonchev–Trinajstić information content (AvgIpc) is 3.32. The highest BCUT2D eigenvalue weighted by Gasteiger charge is 2.42. The van der Waals surface area contributed by atoms with Crippen LogP contribution in [0.15, 0.2) is 54.6 Å². The zero-order chi connectivity index (χ0) is 30.3. The van der Waals surface area contributed by atoms with Crippen molar-refractivity contribution in [3.8, 4) is 22.6 Å². The standard InChI is InChI=1S/C33H38F2N2O5/c1-5-33(19-30(38)37(21-33)25-12-13-26(27(35)18-25)32(39)40-4)14-15-36-20-22-16-28(41-6-2)31(29(17-22)42-7-3)23-8-10-24(34)11-9-23/h8-13,16-18,36H,5-7,14-15,19-21H2,1-4H3. The number of ether oxygens (including phenoxy) is 3. The zero-order valence-electron chi connectivity index (χ0n) is 24.6. The number of hydrogen-bond donors (Lipinski definition) is 1. The molecule has 1 amide bonds. The van der Waals surface area contributed by atoms with Crippen LogP contribution in [0, 0.1) is 17.0 Å². The number of carbonyl (C=O) groups is 2. The Hall–Kier alpha value is -3.98. The van der Waals surface area contributed by atoms with Crippen molar-refractivity contribution < 1.29 is 32.6 Å². The summed E-state index contributed by atoms with van der Waals surface area (Å²) in [6, 6.07) is 14.4. The minimum absolute atomic E-state index is 0.0684. The van der Waals surface area contributed by atoms with Crippen LogP contribution in [0.25, 0.3) is 11.1 Å². The van der Waals surface area contributed by atoms with Crippen molar-refractivity contribution in [2.24, 2.45) is 5.41 Å². The number of methoxy groups -OCH3 is 1. The third-order valence-corrected chi connectivity index (χ3v) is 7.76. The van der Waals surface area contributed by atoms with Crippen molar-refractivity contribution in [1.29, 1.82) is 0 Å². The molecule has 0 bridgehead atoms. The van der Waals surface area contributed by atoms with Gasteiger partial charge in [-0.05, 0) is 92.2 Å². The second kappa shape index (κ2) is 13.8. The van der Waals surface area contributed by atoms with Crippen molar-refractivity contribution in [2.75, 3.05) is 38.3 Å². The predicted molar refractivity (Wildman–Crippen MR) is 158 cm³/mol. The van der Waals surface area contributed by atoms with Crippen LogP contribution < -0.4 is 19.7 Å². The topological polar surface area (TPSA) is 77.1 Å². The van der Waals surface area contributed by atoms with Gasteiger partial charge < -0.3 is 24.4 Å². The van der Waals surface area contributed by atoms with E-state index in [0.717, 1.165) is 29.5 Å². The Morgan fingerprint density at radius 2 is 1.64 bits per heavy atom. The summed E-state index contributed by atoms with van der Waals surface area (Å²) >= 11 is 0. The van der Waals surface area contributed by atoms with Crippen molar-refractivity contribution in [3.63, 3.8) is 0 Å². The van der Waals surface area contributed by atoms with Gasteiger partial charge in [0.25, 0.3) is 0 Å². The quantitative estimate of drug-likeness (QED) is 0.183. The Kier molecular flexibility index (Phi) is 10.2. The molecule has 9 heteroatoms. The lowest BCUT2D eigenvalue weighted by molar-refractivity contribution is -0.117. The highest BCUT2D eigenvalue weighted by molar-refractivity contribution is 5.97. The Labute approximate surface area is 245 Å². The minimum Gasteiger partial charge on any atom is -0.493 e. The van der Waals surface area contributed by atoms with Gasteiger partial charge in [-0.3, -0.25) is 4.79 Å². The van der Waals surface area contributed by atoms with Gasteiger partial charge in [0, 0.05) is 25.2 Å². The van der Waals surface area contributed by atoms with Gasteiger partial charge in [-0.1, -0.05) is 19.1 Å². The SMILES string of the molecule is CCOc1cc(CNCCC2(CC)CC(=O)N(c3ccc(C(=O)OC)c(F)c3)C2)cc(OCC)c1-c1ccc(F)cc1. The van der Waals surface area contributed by atoms with Crippen LogP contribution in [0.4, 0.5) is 14.5 Å². The van der Waals surface area contributed by atoms with Crippen molar-refractivity contribution in [3.05, 3.63) is 77.4 Å². The Morgan fingerprint density at radius 1 is 0.976 bits per heavy atom. The molecule has 1 N–H and O–H groups in total. The molecule has 0 aromatic heterocycles. The van der Waals surface area contributed by atoms with Gasteiger partial charge in [-0.15, -0.1) is 0 Å². The van der Waals surface area contributed by atoms with Gasteiger partial charge >= 0.3 is 5.97 Å². The molecule has 1 atom stereocenters. The first-order valence-electron chi connectivity index (χ1n) is 14.3. The predicted octanol–water partition coefficient (Wildman–Crippen LogP) is 6.53. The number of amides is 1. The highest BCUT2D eigenvalue weighted by Crippen LogP contribution is 2.41. The maximum absolute atomic E-state index is 14.6. The van der Waals surface area contributed by atoms with E-state index in [1.54, 1.807) is 23.1 Å². The lowest BCUT2D eigenvalue weighted by atomic mass is 9.81. The highest BCUT2D eigenvalue weighted by atomic mass is 19.1. The van der Waals surface area contributed by atoms with Crippen molar-refractivity contribution in [1.82, 2.24) is 5.32 Å². The second-order valence-corrected chi connectivity index (χ2v) is 10.4. The van der Waals surface area contributed by atoms with E-state index in [1.165, 1.54) is 31.4 Å². The lowest BCUT2D eigenvalue weighted by Crippen LogP contribution is -2.31. The van der Waals surface area contributed by atoms with E-state index in [1.807, 2.05) is 26.0 Å². The molecule has 42 heavy (non-hydrogen) atoms. The molecule has 1 fully saturated rings. The normalized spacial score (nSPS) is 16.5. The fourth-order valence-corrected chi connectivity index (χ4v) is 5.43. The number of nitrogens with one attached hydrogen (secondary N) is 1. The van der Waals surface area contributed by atoms with Crippen LogP contribution >= 0.6 is 0 Å². The molecule has 0 aliphatic carbocycles. The zero-order valence-corrected chi connectivity index (χ0v) is 24.6. The summed E-state index contributed by atoms with van der Waals surface area (Å²) in [4.78, 5) is 26.3. The van der Waals surface area contributed by atoms with Gasteiger partial charge in [0.1, 0.15) is 23.1 Å². The first-order valence-corrected chi connectivity index (χ1v) is 14.3. The van der Waals surface area contributed by atoms with Crippen LogP contribution in [0.5, 0.6) is 11.5 Å². The molecule has 0 radical (unpaired) electrons. The van der Waals surface area contributed by atoms with Crippen LogP contribution in [-0.2, 0) is 16.1 Å². The van der Waals surface area contributed by atoms with Gasteiger partial charge in [0.2, 0.25) is 5.91 Å². The molecule has 1 heterocycles. The molecule has 0 saturated carbocycles. The first kappa shape index (κ1) is 31.0. The van der Waals surface area contributed by atoms with Crippen molar-refractivity contribution in [2.45, 2.75) is 46.6 Å². The molecule has 7 nitrogen and oxygen atoms in total. The summed E-state index contributed by atoms with van der Waals surface area (Å²) in [6.07, 6.45) is 1.90. The van der Waals surface area contributed by atoms with Gasteiger partial charge in [-0.25, -0.2) is 13.6 Å². The summed E-state index contributed by atoms with van der Waals surface area (Å²) in [6.45, 7) is 8.52. The molecule has 4 rings (SSSR count). The Morgan fingerprint density at radius 3 is 2.21 bits per heavy atom. The number of esters is 1. The largest absolute Gasteiger partial charge is 0.493 e. The van der Waals surface area contributed by atoms with E-state index in [-0.39, 0.29) is 22.7 Å². The molecule has 1 aliphatic heterocycles. The number of carbonyl (C=O) groups excluding carboxylic acids is 2. The van der Waals surface area contributed by atoms with Gasteiger partial charge in [-0.2, -0.15) is 0 Å². The molecule has 1 unspecified atom stereocenters. The first-order chi connectivity index (χ1) is 20.2. The monoisotopic (exact) mass is 580 g/mol.